The average molecular weight is 246 g/mol. The Bertz CT molecular complexity index is 111. The van der Waals surface area contributed by atoms with Gasteiger partial charge >= 0.3 is 32.4 Å². The van der Waals surface area contributed by atoms with Crippen molar-refractivity contribution in [3.63, 3.8) is 0 Å². The smallest absolute Gasteiger partial charge is 1.00 e. The Morgan fingerprint density at radius 2 is 1.44 bits per heavy atom. The second kappa shape index (κ2) is 12.6. The van der Waals surface area contributed by atoms with E-state index < -0.39 is 9.33 Å². The van der Waals surface area contributed by atoms with Gasteiger partial charge in [-0.25, -0.2) is 0 Å². The van der Waals surface area contributed by atoms with Crippen molar-refractivity contribution in [2.45, 2.75) is 0 Å². The van der Waals surface area contributed by atoms with Crippen molar-refractivity contribution in [1.82, 2.24) is 0 Å². The molecule has 0 aliphatic heterocycles. The van der Waals surface area contributed by atoms with Crippen LogP contribution in [0.2, 0.25) is 0 Å². The van der Waals surface area contributed by atoms with Gasteiger partial charge in [0.15, 0.2) is 0 Å². The molecule has 0 aromatic rings. The van der Waals surface area contributed by atoms with Gasteiger partial charge in [0.05, 0.1) is 0 Å². The van der Waals surface area contributed by atoms with E-state index in [1.54, 1.807) is 0 Å². The molecule has 0 fully saturated rings. The fraction of sp³-hybridized carbons (Fsp3) is 0. The van der Waals surface area contributed by atoms with E-state index in [4.69, 9.17) is 13.0 Å². The van der Waals surface area contributed by atoms with E-state index in [1.165, 1.54) is 0 Å². The van der Waals surface area contributed by atoms with E-state index in [-0.39, 0.29) is 65.8 Å². The molecule has 0 spiro atoms. The third-order valence-corrected chi connectivity index (χ3v) is 0. The molecule has 0 aliphatic carbocycles. The van der Waals surface area contributed by atoms with E-state index in [0.717, 1.165) is 0 Å². The van der Waals surface area contributed by atoms with Gasteiger partial charge in [-0.05, 0) is 0 Å². The van der Waals surface area contributed by atoms with Crippen LogP contribution in [0.25, 0.3) is 0 Å². The summed E-state index contributed by atoms with van der Waals surface area (Å²) in [5.74, 6) is 0. The van der Waals surface area contributed by atoms with Crippen LogP contribution in [0, 0.1) is 0 Å². The number of hydrogen-bond acceptors (Lipinski definition) is 2. The molecule has 0 aliphatic rings. The molecule has 3 N–H and O–H groups in total. The van der Waals surface area contributed by atoms with Gasteiger partial charge in [-0.2, -0.15) is 8.42 Å². The summed E-state index contributed by atoms with van der Waals surface area (Å²) in [5.41, 5.74) is 0. The molecule has 0 heterocycles. The normalized spacial score (nSPS) is 6.44. The number of rotatable bonds is 0. The second-order valence-electron chi connectivity index (χ2n) is 0.412. The molecular formula is H7AlClFeMgO4S. The third-order valence-electron chi connectivity index (χ3n) is 0. The Morgan fingerprint density at radius 1 is 1.44 bits per heavy atom. The molecule has 0 atom stereocenters. The van der Waals surface area contributed by atoms with Crippen molar-refractivity contribution in [2.75, 3.05) is 0 Å². The van der Waals surface area contributed by atoms with Gasteiger partial charge in [-0.15, -0.1) is 0 Å². The van der Waals surface area contributed by atoms with Crippen molar-refractivity contribution in [3.8, 4) is 0 Å². The Balaban J connectivity index is -0.00000000533. The molecule has 0 aromatic heterocycles. The van der Waals surface area contributed by atoms with Crippen LogP contribution in [0.3, 0.4) is 0 Å². The monoisotopic (exact) mass is 245 g/mol. The van der Waals surface area contributed by atoms with Crippen LogP contribution in [0.15, 0.2) is 0 Å². The molecule has 0 unspecified atom stereocenters. The van der Waals surface area contributed by atoms with Gasteiger partial charge < -0.3 is 8.33 Å². The molecule has 57 valence electrons. The first-order valence-electron chi connectivity index (χ1n) is 0.670. The molecule has 0 aromatic carbocycles. The first kappa shape index (κ1) is 30.6. The van der Waals surface area contributed by atoms with Crippen LogP contribution in [-0.2, 0) is 26.4 Å². The first-order chi connectivity index (χ1) is 2.00. The zero-order valence-electron chi connectivity index (χ0n) is 6.61. The molecule has 9 heavy (non-hydrogen) atoms. The Hall–Kier alpha value is 1.98. The number of halogens is 1. The summed E-state index contributed by atoms with van der Waals surface area (Å²) in [5, 5.41) is 0. The zero-order chi connectivity index (χ0) is 4.50. The first-order valence-corrected chi connectivity index (χ1v) is 2.94. The minimum atomic E-state index is -4.19. The molecule has 0 rings (SSSR count). The van der Waals surface area contributed by atoms with Gasteiger partial charge in [-0.3, -0.25) is 4.55 Å². The minimum Gasteiger partial charge on any atom is -1.00 e. The molecule has 1 radical (unpaired) electrons. The summed E-state index contributed by atoms with van der Waals surface area (Å²) in [6.45, 7) is 0. The van der Waals surface area contributed by atoms with Crippen molar-refractivity contribution in [1.29, 1.82) is 0 Å². The molecule has 0 amide bonds. The second-order valence-corrected chi connectivity index (χ2v) is 2.41. The maximum Gasteiger partial charge on any atom is 2.00 e. The zero-order valence-corrected chi connectivity index (χ0v) is 10.7. The van der Waals surface area contributed by atoms with E-state index in [0.29, 0.717) is 0 Å². The van der Waals surface area contributed by atoms with Crippen molar-refractivity contribution >= 4 is 60.4 Å². The van der Waals surface area contributed by atoms with Crippen LogP contribution in [-0.4, -0.2) is 58.9 Å². The molecule has 0 bridgehead atoms. The van der Waals surface area contributed by atoms with Crippen LogP contribution in [0.4, 0.5) is 0 Å². The van der Waals surface area contributed by atoms with E-state index >= 15 is 0 Å². The molecular weight excluding hydrogens is 239 g/mol. The molecule has 4 nitrogen and oxygen atoms in total. The Labute approximate surface area is 98.0 Å². The quantitative estimate of drug-likeness (QED) is 0.308. The third kappa shape index (κ3) is 162. The molecule has 0 saturated heterocycles. The fourth-order valence-corrected chi connectivity index (χ4v) is 0. The summed E-state index contributed by atoms with van der Waals surface area (Å²) in [6.07, 6.45) is 0. The summed E-state index contributed by atoms with van der Waals surface area (Å²) >= 11 is 0. The Kier molecular flexibility index (Phi) is 42.9. The maximum atomic E-state index is 8.95. The average Bonchev–Trinajstić information content (AvgIpc) is 0.722. The number of hydrogen-bond donors (Lipinski definition) is 1. The van der Waals surface area contributed by atoms with Crippen molar-refractivity contribution < 1.29 is 38.4 Å². The molecule has 9 heteroatoms. The summed E-state index contributed by atoms with van der Waals surface area (Å²) in [4.78, 5) is 0. The van der Waals surface area contributed by atoms with Crippen LogP contribution >= 0.6 is 10.7 Å². The van der Waals surface area contributed by atoms with Gasteiger partial charge in [0.2, 0.25) is 0 Å². The SMILES string of the molecule is O.O=S(=O)(O)Cl.[AlH2].[Fe].[H-].[H-].[Mg+2]. The van der Waals surface area contributed by atoms with E-state index in [2.05, 4.69) is 10.7 Å². The van der Waals surface area contributed by atoms with Gasteiger partial charge in [0.25, 0.3) is 0 Å². The Morgan fingerprint density at radius 3 is 1.44 bits per heavy atom. The summed E-state index contributed by atoms with van der Waals surface area (Å²) in [7, 11) is -0.137. The minimum absolute atomic E-state index is 0. The standard InChI is InChI=1S/Al.ClHO3S.Fe.Mg.H2O.4H/c;1-5(2,3)4;;;;;;;/h;(H,2,3,4);;;1H2;;;;/q;;;+2;;;;2*-1. The van der Waals surface area contributed by atoms with Crippen LogP contribution in [0.5, 0.6) is 0 Å². The largest absolute Gasteiger partial charge is 2.00 e. The van der Waals surface area contributed by atoms with Crippen LogP contribution in [0.1, 0.15) is 2.85 Å². The van der Waals surface area contributed by atoms with Crippen molar-refractivity contribution in [2.24, 2.45) is 0 Å². The predicted octanol–water partition coefficient (Wildman–Crippen LogP) is -1.87. The van der Waals surface area contributed by atoms with Crippen molar-refractivity contribution in [3.05, 3.63) is 0 Å². The topological polar surface area (TPSA) is 85.9 Å². The summed E-state index contributed by atoms with van der Waals surface area (Å²) < 4.78 is 25.2. The van der Waals surface area contributed by atoms with E-state index in [1.807, 2.05) is 0 Å². The van der Waals surface area contributed by atoms with Gasteiger partial charge in [0.1, 0.15) is 17.4 Å². The maximum absolute atomic E-state index is 8.95. The predicted molar refractivity (Wildman–Crippen MR) is 37.5 cm³/mol. The van der Waals surface area contributed by atoms with Gasteiger partial charge in [-0.1, -0.05) is 0 Å². The molecule has 0 saturated carbocycles. The summed E-state index contributed by atoms with van der Waals surface area (Å²) in [6, 6.07) is 0. The fourth-order valence-electron chi connectivity index (χ4n) is 0. The van der Waals surface area contributed by atoms with Crippen LogP contribution < -0.4 is 0 Å². The van der Waals surface area contributed by atoms with E-state index in [9.17, 15) is 0 Å². The van der Waals surface area contributed by atoms with Gasteiger partial charge in [0, 0.05) is 27.8 Å².